The van der Waals surface area contributed by atoms with Crippen molar-refractivity contribution in [3.63, 3.8) is 0 Å². The molecule has 1 aromatic carbocycles. The number of hydrogen-bond acceptors (Lipinski definition) is 8. The molecule has 4 aliphatic carbocycles. The second-order valence-electron chi connectivity index (χ2n) is 13.3. The summed E-state index contributed by atoms with van der Waals surface area (Å²) in [5.74, 6) is -2.52. The van der Waals surface area contributed by atoms with Gasteiger partial charge < -0.3 is 25.4 Å². The summed E-state index contributed by atoms with van der Waals surface area (Å²) < 4.78 is 5.20. The highest BCUT2D eigenvalue weighted by Gasteiger charge is 2.68. The van der Waals surface area contributed by atoms with Crippen LogP contribution >= 0.6 is 0 Å². The Balaban J connectivity index is 1.14. The van der Waals surface area contributed by atoms with Crippen LogP contribution in [0.4, 0.5) is 0 Å². The summed E-state index contributed by atoms with van der Waals surface area (Å²) in [4.78, 5) is 61.1. The molecule has 0 aromatic heterocycles. The average molecular weight is 596 g/mol. The normalized spacial score (nSPS) is 34.7. The Morgan fingerprint density at radius 3 is 2.44 bits per heavy atom. The maximum Gasteiger partial charge on any atom is 0.335 e. The van der Waals surface area contributed by atoms with E-state index in [-0.39, 0.29) is 66.7 Å². The molecule has 0 spiro atoms. The molecule has 5 rings (SSSR count). The van der Waals surface area contributed by atoms with E-state index in [4.69, 9.17) is 9.84 Å². The number of benzene rings is 1. The molecule has 3 fully saturated rings. The molecule has 0 radical (unpaired) electrons. The third-order valence-corrected chi connectivity index (χ3v) is 11.1. The van der Waals surface area contributed by atoms with E-state index in [2.05, 4.69) is 12.2 Å². The first-order chi connectivity index (χ1) is 20.3. The zero-order valence-corrected chi connectivity index (χ0v) is 24.8. The van der Waals surface area contributed by atoms with Gasteiger partial charge in [0, 0.05) is 24.8 Å². The molecule has 0 heterocycles. The largest absolute Gasteiger partial charge is 0.478 e. The maximum atomic E-state index is 13.4. The number of allylic oxidation sites excluding steroid dienone is 1. The second-order valence-corrected chi connectivity index (χ2v) is 13.3. The quantitative estimate of drug-likeness (QED) is 0.314. The second kappa shape index (κ2) is 11.6. The topological polar surface area (TPSA) is 167 Å². The van der Waals surface area contributed by atoms with Gasteiger partial charge in [0.1, 0.15) is 5.60 Å². The smallest absolute Gasteiger partial charge is 0.335 e. The van der Waals surface area contributed by atoms with Gasteiger partial charge in [0.05, 0.1) is 18.1 Å². The molecule has 0 aliphatic heterocycles. The molecule has 7 atom stereocenters. The molecule has 0 saturated heterocycles. The molecule has 10 heteroatoms. The highest BCUT2D eigenvalue weighted by Crippen LogP contribution is 2.67. The number of ketones is 2. The fraction of sp³-hybridized carbons (Fsp3) is 0.606. The zero-order valence-electron chi connectivity index (χ0n) is 24.8. The van der Waals surface area contributed by atoms with Gasteiger partial charge in [-0.2, -0.15) is 0 Å². The minimum absolute atomic E-state index is 0.0191. The molecule has 3 saturated carbocycles. The number of aliphatic hydroxyl groups is 2. The van der Waals surface area contributed by atoms with Crippen LogP contribution in [0.1, 0.15) is 87.6 Å². The number of carbonyl (C=O) groups is 5. The molecular weight excluding hydrogens is 554 g/mol. The fourth-order valence-corrected chi connectivity index (χ4v) is 8.76. The van der Waals surface area contributed by atoms with E-state index in [0.717, 1.165) is 18.4 Å². The highest BCUT2D eigenvalue weighted by atomic mass is 16.5. The number of Topliss-reactive ketones (excluding diaryl/α,β-unsaturated/α-hetero) is 1. The van der Waals surface area contributed by atoms with Gasteiger partial charge in [0.15, 0.2) is 12.4 Å². The van der Waals surface area contributed by atoms with Gasteiger partial charge in [0.2, 0.25) is 11.7 Å². The number of amides is 1. The monoisotopic (exact) mass is 595 g/mol. The number of aromatic carboxylic acids is 1. The molecular formula is C33H41NO9. The standard InChI is InChI=1S/C33H41NO9/c1-31-13-11-22(35)15-21(31)7-8-23-24-12-14-33(42,32(24,2)16-25(36)29(23)31)26(37)18-43-28(39)10-9-27(38)34-17-19-3-5-20(6-4-19)30(40)41/h3-6,15,23-25,29,36,42H,7-14,16-18H2,1-2H3,(H,34,38)(H,40,41)/t23-,24-,25+,29+,31-,32-,33-/m0/s1. The Morgan fingerprint density at radius 2 is 1.74 bits per heavy atom. The SMILES string of the molecule is C[C@]12CCC(=O)C=C1CC[C@@H]1[C@@H]2[C@H](O)C[C@@]2(C)[C@H]1CC[C@]2(O)C(=O)COC(=O)CCC(=O)NCc1ccc(C(=O)O)cc1. The van der Waals surface area contributed by atoms with E-state index in [1.54, 1.807) is 18.2 Å². The van der Waals surface area contributed by atoms with Crippen LogP contribution in [-0.4, -0.2) is 63.0 Å². The van der Waals surface area contributed by atoms with Gasteiger partial charge in [-0.15, -0.1) is 0 Å². The number of hydrogen-bond donors (Lipinski definition) is 4. The van der Waals surface area contributed by atoms with Crippen LogP contribution < -0.4 is 5.32 Å². The summed E-state index contributed by atoms with van der Waals surface area (Å²) >= 11 is 0. The Hall–Kier alpha value is -3.37. The van der Waals surface area contributed by atoms with Crippen LogP contribution in [0.3, 0.4) is 0 Å². The van der Waals surface area contributed by atoms with Crippen LogP contribution in [0.5, 0.6) is 0 Å². The molecule has 1 aromatic rings. The number of carboxylic acids is 1. The van der Waals surface area contributed by atoms with Crippen molar-refractivity contribution >= 4 is 29.4 Å². The van der Waals surface area contributed by atoms with Crippen LogP contribution in [0.15, 0.2) is 35.9 Å². The van der Waals surface area contributed by atoms with Crippen molar-refractivity contribution in [1.29, 1.82) is 0 Å². The number of esters is 1. The van der Waals surface area contributed by atoms with E-state index in [9.17, 15) is 34.2 Å². The minimum atomic E-state index is -1.74. The van der Waals surface area contributed by atoms with Gasteiger partial charge in [-0.25, -0.2) is 4.79 Å². The number of carbonyl (C=O) groups excluding carboxylic acids is 4. The summed E-state index contributed by atoms with van der Waals surface area (Å²) in [5.41, 5.74) is -0.920. The maximum absolute atomic E-state index is 13.4. The Labute approximate surface area is 250 Å². The fourth-order valence-electron chi connectivity index (χ4n) is 8.76. The molecule has 43 heavy (non-hydrogen) atoms. The van der Waals surface area contributed by atoms with Crippen molar-refractivity contribution in [3.05, 3.63) is 47.0 Å². The van der Waals surface area contributed by atoms with Crippen molar-refractivity contribution < 1.29 is 44.0 Å². The molecule has 1 amide bonds. The number of carboxylic acid groups (broad SMARTS) is 1. The number of nitrogens with one attached hydrogen (secondary N) is 1. The highest BCUT2D eigenvalue weighted by molar-refractivity contribution is 5.92. The van der Waals surface area contributed by atoms with Gasteiger partial charge in [-0.05, 0) is 85.5 Å². The summed E-state index contributed by atoms with van der Waals surface area (Å²) in [7, 11) is 0. The molecule has 0 unspecified atom stereocenters. The van der Waals surface area contributed by atoms with Gasteiger partial charge in [-0.3, -0.25) is 19.2 Å². The first-order valence-corrected chi connectivity index (χ1v) is 15.2. The molecule has 4 aliphatic rings. The number of aliphatic hydroxyl groups excluding tert-OH is 1. The predicted octanol–water partition coefficient (Wildman–Crippen LogP) is 3.13. The van der Waals surface area contributed by atoms with E-state index < -0.39 is 47.4 Å². The van der Waals surface area contributed by atoms with Crippen LogP contribution in [0.2, 0.25) is 0 Å². The first-order valence-electron chi connectivity index (χ1n) is 15.2. The van der Waals surface area contributed by atoms with Crippen molar-refractivity contribution in [2.75, 3.05) is 6.61 Å². The zero-order chi connectivity index (χ0) is 31.2. The summed E-state index contributed by atoms with van der Waals surface area (Å²) in [5, 5.41) is 34.9. The Bertz CT molecular complexity index is 1350. The average Bonchev–Trinajstić information content (AvgIpc) is 3.24. The predicted molar refractivity (Wildman–Crippen MR) is 153 cm³/mol. The van der Waals surface area contributed by atoms with Crippen molar-refractivity contribution in [1.82, 2.24) is 5.32 Å². The van der Waals surface area contributed by atoms with E-state index >= 15 is 0 Å². The van der Waals surface area contributed by atoms with Crippen LogP contribution in [0, 0.1) is 28.6 Å². The third kappa shape index (κ3) is 5.55. The third-order valence-electron chi connectivity index (χ3n) is 11.1. The van der Waals surface area contributed by atoms with E-state index in [1.807, 2.05) is 6.92 Å². The summed E-state index contributed by atoms with van der Waals surface area (Å²) in [6.45, 7) is 3.59. The summed E-state index contributed by atoms with van der Waals surface area (Å²) in [6.07, 6.45) is 4.51. The van der Waals surface area contributed by atoms with E-state index in [0.29, 0.717) is 24.8 Å². The molecule has 0 bridgehead atoms. The lowest BCUT2D eigenvalue weighted by Gasteiger charge is -2.60. The minimum Gasteiger partial charge on any atom is -0.478 e. The summed E-state index contributed by atoms with van der Waals surface area (Å²) in [6, 6.07) is 6.06. The number of rotatable bonds is 9. The Morgan fingerprint density at radius 1 is 1.02 bits per heavy atom. The van der Waals surface area contributed by atoms with Crippen molar-refractivity contribution in [2.45, 2.75) is 89.9 Å². The number of ether oxygens (including phenoxy) is 1. The molecule has 232 valence electrons. The van der Waals surface area contributed by atoms with Crippen molar-refractivity contribution in [2.24, 2.45) is 28.6 Å². The first kappa shape index (κ1) is 31.1. The van der Waals surface area contributed by atoms with Gasteiger partial charge in [0.25, 0.3) is 0 Å². The van der Waals surface area contributed by atoms with Crippen molar-refractivity contribution in [3.8, 4) is 0 Å². The lowest BCUT2D eigenvalue weighted by molar-refractivity contribution is -0.184. The van der Waals surface area contributed by atoms with Gasteiger partial charge >= 0.3 is 11.9 Å². The molecule has 10 nitrogen and oxygen atoms in total. The van der Waals surface area contributed by atoms with Crippen LogP contribution in [0.25, 0.3) is 0 Å². The lowest BCUT2D eigenvalue weighted by Crippen LogP contribution is -2.62. The lowest BCUT2D eigenvalue weighted by atomic mass is 9.45. The number of fused-ring (bicyclic) bond motifs is 5. The van der Waals surface area contributed by atoms with Gasteiger partial charge in [-0.1, -0.05) is 31.6 Å². The van der Waals surface area contributed by atoms with Crippen LogP contribution in [-0.2, 0) is 30.5 Å². The molecule has 4 N–H and O–H groups in total. The Kier molecular flexibility index (Phi) is 8.39. The van der Waals surface area contributed by atoms with E-state index in [1.165, 1.54) is 12.1 Å².